The average Bonchev–Trinajstić information content (AvgIpc) is 2.55. The van der Waals surface area contributed by atoms with Gasteiger partial charge in [0, 0.05) is 39.1 Å². The molecule has 1 saturated heterocycles. The number of carbonyl (C=O) groups is 1. The van der Waals surface area contributed by atoms with Crippen molar-refractivity contribution in [2.45, 2.75) is 26.2 Å². The smallest absolute Gasteiger partial charge is 0.223 e. The first kappa shape index (κ1) is 16.7. The van der Waals surface area contributed by atoms with Gasteiger partial charge >= 0.3 is 0 Å². The van der Waals surface area contributed by atoms with E-state index in [1.807, 2.05) is 15.9 Å². The summed E-state index contributed by atoms with van der Waals surface area (Å²) in [5.41, 5.74) is 0.635. The lowest BCUT2D eigenvalue weighted by Crippen LogP contribution is -2.49. The summed E-state index contributed by atoms with van der Waals surface area (Å²) in [5, 5.41) is 3.29. The van der Waals surface area contributed by atoms with E-state index in [0.29, 0.717) is 38.3 Å². The van der Waals surface area contributed by atoms with E-state index < -0.39 is 0 Å². The van der Waals surface area contributed by atoms with Gasteiger partial charge in [-0.2, -0.15) is 0 Å². The largest absolute Gasteiger partial charge is 0.366 e. The summed E-state index contributed by atoms with van der Waals surface area (Å²) in [5.74, 6) is -0.000386. The highest BCUT2D eigenvalue weighted by atomic mass is 19.1. The minimum absolute atomic E-state index is 0.192. The molecular weight excluding hydrogens is 281 g/mol. The number of piperazine rings is 1. The van der Waals surface area contributed by atoms with E-state index in [1.54, 1.807) is 12.1 Å². The van der Waals surface area contributed by atoms with Gasteiger partial charge in [0.1, 0.15) is 5.82 Å². The molecule has 122 valence electrons. The van der Waals surface area contributed by atoms with Gasteiger partial charge in [0.2, 0.25) is 5.91 Å². The number of nitrogens with zero attached hydrogens (tertiary/aromatic N) is 2. The van der Waals surface area contributed by atoms with Crippen LogP contribution < -0.4 is 10.2 Å². The number of anilines is 1. The zero-order valence-electron chi connectivity index (χ0n) is 13.4. The molecule has 0 atom stereocenters. The number of amides is 1. The number of rotatable bonds is 7. The Bertz CT molecular complexity index is 473. The molecule has 1 aromatic carbocycles. The van der Waals surface area contributed by atoms with Gasteiger partial charge in [0.25, 0.3) is 0 Å². The van der Waals surface area contributed by atoms with Crippen LogP contribution in [0.5, 0.6) is 0 Å². The first-order valence-electron chi connectivity index (χ1n) is 8.20. The molecule has 0 spiro atoms. The number of halogens is 1. The quantitative estimate of drug-likeness (QED) is 0.785. The second-order valence-electron chi connectivity index (χ2n) is 5.67. The van der Waals surface area contributed by atoms with Gasteiger partial charge in [-0.3, -0.25) is 4.79 Å². The van der Waals surface area contributed by atoms with E-state index in [0.717, 1.165) is 19.5 Å². The number of hydrogen-bond donors (Lipinski definition) is 1. The molecule has 1 aromatic rings. The van der Waals surface area contributed by atoms with Crippen molar-refractivity contribution in [2.24, 2.45) is 0 Å². The summed E-state index contributed by atoms with van der Waals surface area (Å²) in [6.45, 7) is 6.59. The minimum atomic E-state index is -0.192. The molecule has 0 saturated carbocycles. The number of carbonyl (C=O) groups excluding carboxylic acids is 1. The second-order valence-corrected chi connectivity index (χ2v) is 5.67. The average molecular weight is 307 g/mol. The Morgan fingerprint density at radius 2 is 1.91 bits per heavy atom. The van der Waals surface area contributed by atoms with Crippen LogP contribution >= 0.6 is 0 Å². The van der Waals surface area contributed by atoms with Crippen molar-refractivity contribution in [1.82, 2.24) is 10.2 Å². The maximum absolute atomic E-state index is 13.8. The molecule has 4 nitrogen and oxygen atoms in total. The van der Waals surface area contributed by atoms with Crippen LogP contribution in [0.15, 0.2) is 24.3 Å². The van der Waals surface area contributed by atoms with Crippen molar-refractivity contribution in [3.05, 3.63) is 30.1 Å². The van der Waals surface area contributed by atoms with Gasteiger partial charge in [-0.15, -0.1) is 0 Å². The van der Waals surface area contributed by atoms with Gasteiger partial charge in [-0.25, -0.2) is 4.39 Å². The number of unbranched alkanes of at least 4 members (excludes halogenated alkanes) is 1. The highest BCUT2D eigenvalue weighted by molar-refractivity contribution is 5.76. The molecule has 1 aliphatic heterocycles. The lowest BCUT2D eigenvalue weighted by Gasteiger charge is -2.36. The molecular formula is C17H26FN3O. The summed E-state index contributed by atoms with van der Waals surface area (Å²) in [4.78, 5) is 16.0. The van der Waals surface area contributed by atoms with E-state index in [1.165, 1.54) is 12.5 Å². The lowest BCUT2D eigenvalue weighted by atomic mass is 10.2. The Kier molecular flexibility index (Phi) is 6.65. The third-order valence-electron chi connectivity index (χ3n) is 4.05. The van der Waals surface area contributed by atoms with E-state index >= 15 is 0 Å². The van der Waals surface area contributed by atoms with Crippen LogP contribution in [0.4, 0.5) is 10.1 Å². The molecule has 1 N–H and O–H groups in total. The molecule has 0 radical (unpaired) electrons. The second kappa shape index (κ2) is 8.73. The molecule has 1 aliphatic rings. The maximum Gasteiger partial charge on any atom is 0.223 e. The summed E-state index contributed by atoms with van der Waals surface area (Å²) < 4.78 is 13.8. The van der Waals surface area contributed by atoms with Gasteiger partial charge in [-0.1, -0.05) is 25.5 Å². The van der Waals surface area contributed by atoms with Gasteiger partial charge in [0.15, 0.2) is 0 Å². The summed E-state index contributed by atoms with van der Waals surface area (Å²) >= 11 is 0. The van der Waals surface area contributed by atoms with Crippen LogP contribution in [0.1, 0.15) is 26.2 Å². The first-order valence-corrected chi connectivity index (χ1v) is 8.20. The third kappa shape index (κ3) is 4.70. The molecule has 0 bridgehead atoms. The number of para-hydroxylation sites is 1. The maximum atomic E-state index is 13.8. The van der Waals surface area contributed by atoms with Gasteiger partial charge < -0.3 is 15.1 Å². The van der Waals surface area contributed by atoms with Crippen LogP contribution in [0.3, 0.4) is 0 Å². The first-order chi connectivity index (χ1) is 10.7. The van der Waals surface area contributed by atoms with Crippen LogP contribution in [-0.4, -0.2) is 50.1 Å². The van der Waals surface area contributed by atoms with Crippen molar-refractivity contribution in [3.63, 3.8) is 0 Å². The number of benzene rings is 1. The van der Waals surface area contributed by atoms with E-state index in [-0.39, 0.29) is 11.7 Å². The lowest BCUT2D eigenvalue weighted by molar-refractivity contribution is -0.131. The summed E-state index contributed by atoms with van der Waals surface area (Å²) in [7, 11) is 0. The topological polar surface area (TPSA) is 35.6 Å². The number of hydrogen-bond acceptors (Lipinski definition) is 3. The fourth-order valence-electron chi connectivity index (χ4n) is 2.69. The summed E-state index contributed by atoms with van der Waals surface area (Å²) in [6.07, 6.45) is 2.86. The van der Waals surface area contributed by atoms with Crippen molar-refractivity contribution >= 4 is 11.6 Å². The molecule has 0 unspecified atom stereocenters. The molecule has 1 fully saturated rings. The molecule has 0 aliphatic carbocycles. The van der Waals surface area contributed by atoms with Crippen LogP contribution in [0, 0.1) is 5.82 Å². The zero-order chi connectivity index (χ0) is 15.8. The van der Waals surface area contributed by atoms with Crippen LogP contribution in [0.25, 0.3) is 0 Å². The van der Waals surface area contributed by atoms with Crippen molar-refractivity contribution < 1.29 is 9.18 Å². The third-order valence-corrected chi connectivity index (χ3v) is 4.05. The molecule has 22 heavy (non-hydrogen) atoms. The minimum Gasteiger partial charge on any atom is -0.366 e. The summed E-state index contributed by atoms with van der Waals surface area (Å²) in [6, 6.07) is 6.82. The van der Waals surface area contributed by atoms with E-state index in [2.05, 4.69) is 12.2 Å². The monoisotopic (exact) mass is 307 g/mol. The molecule has 0 aromatic heterocycles. The van der Waals surface area contributed by atoms with Crippen LogP contribution in [-0.2, 0) is 4.79 Å². The van der Waals surface area contributed by atoms with E-state index in [4.69, 9.17) is 0 Å². The Hall–Kier alpha value is -1.62. The zero-order valence-corrected chi connectivity index (χ0v) is 13.4. The molecule has 5 heteroatoms. The van der Waals surface area contributed by atoms with E-state index in [9.17, 15) is 9.18 Å². The van der Waals surface area contributed by atoms with Gasteiger partial charge in [-0.05, 0) is 25.1 Å². The standard InChI is InChI=1S/C17H26FN3O/c1-2-3-9-19-10-8-17(22)21-13-11-20(12-14-21)16-7-5-4-6-15(16)18/h4-7,19H,2-3,8-14H2,1H3. The van der Waals surface area contributed by atoms with Gasteiger partial charge in [0.05, 0.1) is 5.69 Å². The highest BCUT2D eigenvalue weighted by Gasteiger charge is 2.22. The Labute approximate surface area is 132 Å². The van der Waals surface area contributed by atoms with Crippen molar-refractivity contribution in [2.75, 3.05) is 44.2 Å². The molecule has 1 amide bonds. The SMILES string of the molecule is CCCCNCCC(=O)N1CCN(c2ccccc2F)CC1. The van der Waals surface area contributed by atoms with Crippen LogP contribution in [0.2, 0.25) is 0 Å². The van der Waals surface area contributed by atoms with Crippen molar-refractivity contribution in [1.29, 1.82) is 0 Å². The molecule has 1 heterocycles. The fraction of sp³-hybridized carbons (Fsp3) is 0.588. The number of nitrogens with one attached hydrogen (secondary N) is 1. The predicted octanol–water partition coefficient (Wildman–Crippen LogP) is 2.25. The molecule has 2 rings (SSSR count). The predicted molar refractivity (Wildman–Crippen MR) is 87.6 cm³/mol. The van der Waals surface area contributed by atoms with Crippen molar-refractivity contribution in [3.8, 4) is 0 Å². The fourth-order valence-corrected chi connectivity index (χ4v) is 2.69. The normalized spacial score (nSPS) is 15.2. The highest BCUT2D eigenvalue weighted by Crippen LogP contribution is 2.20. The Morgan fingerprint density at radius 3 is 2.59 bits per heavy atom. The Balaban J connectivity index is 1.72. The Morgan fingerprint density at radius 1 is 1.18 bits per heavy atom.